The lowest BCUT2D eigenvalue weighted by Crippen LogP contribution is -2.31. The Morgan fingerprint density at radius 2 is 1.66 bits per heavy atom. The fraction of sp³-hybridized carbons (Fsp3) is 0.258. The number of benzene rings is 2. The van der Waals surface area contributed by atoms with E-state index in [0.717, 1.165) is 16.7 Å². The number of carbonyl (C=O) groups is 4. The van der Waals surface area contributed by atoms with Crippen molar-refractivity contribution in [2.75, 3.05) is 31.5 Å². The summed E-state index contributed by atoms with van der Waals surface area (Å²) in [6.07, 6.45) is -0.158. The Hall–Kier alpha value is -5.40. The number of carbonyl (C=O) groups excluding carboxylic acids is 4. The van der Waals surface area contributed by atoms with Crippen LogP contribution in [0.3, 0.4) is 0 Å². The highest BCUT2D eigenvalue weighted by atomic mass is 32.2. The lowest BCUT2D eigenvalue weighted by atomic mass is 9.94. The predicted octanol–water partition coefficient (Wildman–Crippen LogP) is 4.01. The van der Waals surface area contributed by atoms with E-state index in [1.807, 2.05) is 19.9 Å². The maximum Gasteiger partial charge on any atom is 0.338 e. The fourth-order valence-corrected chi connectivity index (χ4v) is 5.77. The molecule has 0 radical (unpaired) electrons. The Bertz CT molecular complexity index is 1740. The average Bonchev–Trinajstić information content (AvgIpc) is 3.30. The molecule has 0 saturated carbocycles. The molecule has 4 rings (SSSR count). The van der Waals surface area contributed by atoms with Crippen LogP contribution < -0.4 is 20.1 Å². The molecule has 1 unspecified atom stereocenters. The first-order valence-corrected chi connectivity index (χ1v) is 14.1. The van der Waals surface area contributed by atoms with E-state index < -0.39 is 35.4 Å². The maximum atomic E-state index is 13.3. The summed E-state index contributed by atoms with van der Waals surface area (Å²) >= 11 is 0.941. The molecule has 224 valence electrons. The number of rotatable bonds is 10. The molecule has 3 aromatic rings. The van der Waals surface area contributed by atoms with Crippen molar-refractivity contribution in [2.45, 2.75) is 36.5 Å². The molecular weight excluding hydrogens is 586 g/mol. The van der Waals surface area contributed by atoms with E-state index in [1.54, 1.807) is 6.07 Å². The van der Waals surface area contributed by atoms with Crippen LogP contribution in [0.25, 0.3) is 0 Å². The minimum absolute atomic E-state index is 0.0563. The number of methoxy groups -OCH3 is 2. The second kappa shape index (κ2) is 13.3. The topological polar surface area (TPSA) is 186 Å². The van der Waals surface area contributed by atoms with Gasteiger partial charge in [0, 0.05) is 12.0 Å². The first kappa shape index (κ1) is 31.5. The summed E-state index contributed by atoms with van der Waals surface area (Å²) in [4.78, 5) is 56.5. The molecule has 0 aliphatic carbocycles. The zero-order chi connectivity index (χ0) is 32.1. The molecule has 12 nitrogen and oxygen atoms in total. The smallest absolute Gasteiger partial charge is 0.338 e. The van der Waals surface area contributed by atoms with Crippen LogP contribution in [0.5, 0.6) is 11.5 Å². The van der Waals surface area contributed by atoms with E-state index in [-0.39, 0.29) is 51.1 Å². The number of ether oxygens (including phenoxy) is 3. The Morgan fingerprint density at radius 1 is 1.02 bits per heavy atom. The molecule has 2 amide bonds. The molecule has 2 heterocycles. The molecule has 1 atom stereocenters. The minimum Gasteiger partial charge on any atom is -0.493 e. The van der Waals surface area contributed by atoms with Gasteiger partial charge in [-0.1, -0.05) is 25.6 Å². The number of thioether (sulfide) groups is 1. The lowest BCUT2D eigenvalue weighted by Gasteiger charge is -2.17. The van der Waals surface area contributed by atoms with E-state index in [9.17, 15) is 29.7 Å². The number of nitriles is 2. The van der Waals surface area contributed by atoms with E-state index in [1.165, 1.54) is 50.6 Å². The first-order valence-electron chi connectivity index (χ1n) is 13.2. The SMILES string of the molecule is COc1ccc(C(=O)COC(=O)c2ccc(N3C(=O)CC(Sc4nc(N)c(C#N)c(C(C)C)c4C#N)C3=O)cc2)cc1OC. The molecule has 1 aromatic heterocycles. The quantitative estimate of drug-likeness (QED) is 0.197. The summed E-state index contributed by atoms with van der Waals surface area (Å²) in [5.74, 6) is -1.70. The number of pyridine rings is 1. The Kier molecular flexibility index (Phi) is 9.51. The van der Waals surface area contributed by atoms with Gasteiger partial charge in [0.05, 0.1) is 41.8 Å². The molecule has 1 aliphatic rings. The molecule has 0 bridgehead atoms. The highest BCUT2D eigenvalue weighted by Crippen LogP contribution is 2.38. The number of hydrogen-bond acceptors (Lipinski definition) is 12. The van der Waals surface area contributed by atoms with Crippen LogP contribution in [0.1, 0.15) is 63.6 Å². The Labute approximate surface area is 257 Å². The number of nitrogens with zero attached hydrogens (tertiary/aromatic N) is 4. The number of Topliss-reactive ketones (excluding diaryl/α,β-unsaturated/α-hetero) is 1. The van der Waals surface area contributed by atoms with E-state index in [0.29, 0.717) is 17.1 Å². The summed E-state index contributed by atoms with van der Waals surface area (Å²) in [7, 11) is 2.91. The summed E-state index contributed by atoms with van der Waals surface area (Å²) in [5.41, 5.74) is 7.29. The fourth-order valence-electron chi connectivity index (χ4n) is 4.64. The maximum absolute atomic E-state index is 13.3. The van der Waals surface area contributed by atoms with Gasteiger partial charge < -0.3 is 19.9 Å². The zero-order valence-corrected chi connectivity index (χ0v) is 25.1. The van der Waals surface area contributed by atoms with Crippen molar-refractivity contribution in [3.05, 3.63) is 70.3 Å². The predicted molar refractivity (Wildman–Crippen MR) is 160 cm³/mol. The number of esters is 1. The summed E-state index contributed by atoms with van der Waals surface area (Å²) in [6, 6.07) is 14.2. The third-order valence-electron chi connectivity index (χ3n) is 6.79. The highest BCUT2D eigenvalue weighted by molar-refractivity contribution is 8.00. The van der Waals surface area contributed by atoms with Gasteiger partial charge in [-0.3, -0.25) is 14.4 Å². The average molecular weight is 614 g/mol. The van der Waals surface area contributed by atoms with Gasteiger partial charge in [-0.25, -0.2) is 14.7 Å². The van der Waals surface area contributed by atoms with Crippen LogP contribution in [0.2, 0.25) is 0 Å². The van der Waals surface area contributed by atoms with Crippen LogP contribution in [0.4, 0.5) is 11.5 Å². The third-order valence-corrected chi connectivity index (χ3v) is 7.96. The molecule has 1 fully saturated rings. The molecular formula is C31H27N5O7S. The van der Waals surface area contributed by atoms with Crippen molar-refractivity contribution in [1.82, 2.24) is 4.98 Å². The summed E-state index contributed by atoms with van der Waals surface area (Å²) in [6.45, 7) is 3.11. The Balaban J connectivity index is 1.45. The summed E-state index contributed by atoms with van der Waals surface area (Å²) < 4.78 is 15.5. The molecule has 1 aliphatic heterocycles. The van der Waals surface area contributed by atoms with Gasteiger partial charge in [0.25, 0.3) is 0 Å². The number of anilines is 2. The molecule has 0 spiro atoms. The van der Waals surface area contributed by atoms with Gasteiger partial charge in [0.1, 0.15) is 23.0 Å². The van der Waals surface area contributed by atoms with Crippen LogP contribution in [0.15, 0.2) is 47.5 Å². The minimum atomic E-state index is -0.887. The van der Waals surface area contributed by atoms with Gasteiger partial charge in [-0.05, 0) is 53.9 Å². The van der Waals surface area contributed by atoms with Gasteiger partial charge in [-0.15, -0.1) is 0 Å². The molecule has 2 N–H and O–H groups in total. The molecule has 44 heavy (non-hydrogen) atoms. The number of hydrogen-bond donors (Lipinski definition) is 1. The molecule has 13 heteroatoms. The number of amides is 2. The van der Waals surface area contributed by atoms with Crippen LogP contribution in [-0.4, -0.2) is 54.6 Å². The monoisotopic (exact) mass is 613 g/mol. The van der Waals surface area contributed by atoms with Crippen molar-refractivity contribution in [2.24, 2.45) is 0 Å². The molecule has 1 saturated heterocycles. The second-order valence-corrected chi connectivity index (χ2v) is 11.0. The summed E-state index contributed by atoms with van der Waals surface area (Å²) in [5, 5.41) is 18.6. The zero-order valence-electron chi connectivity index (χ0n) is 24.2. The number of imide groups is 1. The van der Waals surface area contributed by atoms with Crippen LogP contribution >= 0.6 is 11.8 Å². The number of ketones is 1. The van der Waals surface area contributed by atoms with Crippen molar-refractivity contribution in [3.8, 4) is 23.6 Å². The largest absolute Gasteiger partial charge is 0.493 e. The van der Waals surface area contributed by atoms with Crippen LogP contribution in [-0.2, 0) is 14.3 Å². The Morgan fingerprint density at radius 3 is 2.25 bits per heavy atom. The molecule has 2 aromatic carbocycles. The second-order valence-electron chi connectivity index (χ2n) is 9.84. The standard InChI is InChI=1S/C31H27N5O7S/c1-16(2)27-20(13-32)28(34)35-29(21(27)14-33)44-25-12-26(38)36(30(25)39)19-8-5-17(6-9-19)31(40)43-15-22(37)18-7-10-23(41-3)24(11-18)42-4/h5-11,16,25H,12,15H2,1-4H3,(H2,34,35). The van der Waals surface area contributed by atoms with Gasteiger partial charge >= 0.3 is 5.97 Å². The van der Waals surface area contributed by atoms with E-state index in [4.69, 9.17) is 19.9 Å². The first-order chi connectivity index (χ1) is 21.0. The van der Waals surface area contributed by atoms with Gasteiger partial charge in [0.2, 0.25) is 11.8 Å². The number of nitrogens with two attached hydrogens (primary N) is 1. The lowest BCUT2D eigenvalue weighted by molar-refractivity contribution is -0.121. The van der Waals surface area contributed by atoms with E-state index in [2.05, 4.69) is 11.1 Å². The van der Waals surface area contributed by atoms with Crippen molar-refractivity contribution in [1.29, 1.82) is 10.5 Å². The third kappa shape index (κ3) is 6.19. The number of aromatic nitrogens is 1. The van der Waals surface area contributed by atoms with Crippen molar-refractivity contribution in [3.63, 3.8) is 0 Å². The van der Waals surface area contributed by atoms with Crippen LogP contribution in [0, 0.1) is 22.7 Å². The number of nitrogen functional groups attached to an aromatic ring is 1. The normalized spacial score (nSPS) is 14.2. The van der Waals surface area contributed by atoms with Crippen molar-refractivity contribution < 1.29 is 33.4 Å². The van der Waals surface area contributed by atoms with Gasteiger partial charge in [-0.2, -0.15) is 10.5 Å². The van der Waals surface area contributed by atoms with E-state index >= 15 is 0 Å². The van der Waals surface area contributed by atoms with Crippen molar-refractivity contribution >= 4 is 46.8 Å². The highest BCUT2D eigenvalue weighted by Gasteiger charge is 2.41. The van der Waals surface area contributed by atoms with Gasteiger partial charge in [0.15, 0.2) is 23.9 Å².